The minimum absolute atomic E-state index is 0.0450. The lowest BCUT2D eigenvalue weighted by atomic mass is 10.1. The molecule has 10 heteroatoms. The minimum atomic E-state index is -1.39. The van der Waals surface area contributed by atoms with Crippen LogP contribution in [-0.2, 0) is 14.4 Å². The lowest BCUT2D eigenvalue weighted by Gasteiger charge is -2.29. The Morgan fingerprint density at radius 2 is 1.93 bits per heavy atom. The monoisotopic (exact) mass is 445 g/mol. The first-order valence-electron chi connectivity index (χ1n) is 8.48. The number of carboxylic acids is 1. The van der Waals surface area contributed by atoms with Crippen LogP contribution in [0.4, 0.5) is 5.69 Å². The fourth-order valence-corrected chi connectivity index (χ4v) is 3.18. The largest absolute Gasteiger partial charge is 0.546 e. The molecule has 0 spiro atoms. The first-order valence-corrected chi connectivity index (χ1v) is 9.26. The van der Waals surface area contributed by atoms with Crippen LogP contribution in [0, 0.1) is 0 Å². The average Bonchev–Trinajstić information content (AvgIpc) is 2.70. The molecular formula is C20H14ClN2O6S-. The van der Waals surface area contributed by atoms with Crippen molar-refractivity contribution in [1.29, 1.82) is 0 Å². The number of rotatable bonds is 6. The number of hydrogen-bond donors (Lipinski definition) is 1. The van der Waals surface area contributed by atoms with E-state index in [1.807, 2.05) is 0 Å². The zero-order valence-electron chi connectivity index (χ0n) is 15.5. The predicted molar refractivity (Wildman–Crippen MR) is 111 cm³/mol. The van der Waals surface area contributed by atoms with E-state index in [0.717, 1.165) is 0 Å². The fraction of sp³-hybridized carbons (Fsp3) is 0.100. The summed E-state index contributed by atoms with van der Waals surface area (Å²) in [5.41, 5.74) is 0.737. The quantitative estimate of drug-likeness (QED) is 0.405. The molecule has 154 valence electrons. The number of ether oxygens (including phenoxy) is 2. The van der Waals surface area contributed by atoms with Crippen molar-refractivity contribution in [3.05, 3.63) is 58.6 Å². The van der Waals surface area contributed by atoms with E-state index in [-0.39, 0.29) is 21.5 Å². The summed E-state index contributed by atoms with van der Waals surface area (Å²) in [6.07, 6.45) is 1.35. The van der Waals surface area contributed by atoms with Crippen LogP contribution in [0.2, 0.25) is 5.02 Å². The van der Waals surface area contributed by atoms with Gasteiger partial charge in [0.1, 0.15) is 23.7 Å². The van der Waals surface area contributed by atoms with Gasteiger partial charge in [0.15, 0.2) is 5.11 Å². The topological polar surface area (TPSA) is 108 Å². The standard InChI is InChI=1S/C20H15ClN2O6S/c1-28-13-5-3-12(4-6-13)23-19(27)14(18(26)22-20(23)30)8-11-2-7-16(15(21)9-11)29-10-17(24)25/h2-9H,10H2,1H3,(H,24,25)(H,22,26,30)/p-1/b14-8-. The van der Waals surface area contributed by atoms with Gasteiger partial charge in [-0.25, -0.2) is 0 Å². The first-order chi connectivity index (χ1) is 14.3. The van der Waals surface area contributed by atoms with Crippen molar-refractivity contribution in [3.8, 4) is 11.5 Å². The first kappa shape index (κ1) is 21.3. The normalized spacial score (nSPS) is 15.2. The Labute approximate surface area is 181 Å². The van der Waals surface area contributed by atoms with Crippen molar-refractivity contribution < 1.29 is 29.0 Å². The number of thiocarbonyl (C=S) groups is 1. The molecule has 1 heterocycles. The maximum absolute atomic E-state index is 13.0. The second-order valence-electron chi connectivity index (χ2n) is 6.01. The van der Waals surface area contributed by atoms with E-state index in [0.29, 0.717) is 17.0 Å². The Bertz CT molecular complexity index is 1070. The molecule has 30 heavy (non-hydrogen) atoms. The Balaban J connectivity index is 1.90. The van der Waals surface area contributed by atoms with Gasteiger partial charge >= 0.3 is 0 Å². The van der Waals surface area contributed by atoms with Gasteiger partial charge in [0.25, 0.3) is 11.8 Å². The summed E-state index contributed by atoms with van der Waals surface area (Å²) >= 11 is 11.2. The van der Waals surface area contributed by atoms with Crippen molar-refractivity contribution in [3.63, 3.8) is 0 Å². The van der Waals surface area contributed by atoms with Crippen molar-refractivity contribution in [2.45, 2.75) is 0 Å². The van der Waals surface area contributed by atoms with E-state index >= 15 is 0 Å². The Hall–Kier alpha value is -3.43. The molecule has 1 fully saturated rings. The summed E-state index contributed by atoms with van der Waals surface area (Å²) in [6, 6.07) is 11.0. The molecule has 1 aliphatic heterocycles. The molecule has 1 aliphatic rings. The number of nitrogens with one attached hydrogen (secondary N) is 1. The van der Waals surface area contributed by atoms with Gasteiger partial charge in [-0.2, -0.15) is 0 Å². The van der Waals surface area contributed by atoms with Crippen molar-refractivity contribution in [2.24, 2.45) is 0 Å². The molecule has 0 saturated carbocycles. The molecule has 8 nitrogen and oxygen atoms in total. The Kier molecular flexibility index (Phi) is 6.34. The number of nitrogens with zero attached hydrogens (tertiary/aromatic N) is 1. The molecule has 3 rings (SSSR count). The van der Waals surface area contributed by atoms with Crippen LogP contribution in [0.5, 0.6) is 11.5 Å². The molecule has 0 aromatic heterocycles. The van der Waals surface area contributed by atoms with Gasteiger partial charge in [0, 0.05) is 0 Å². The van der Waals surface area contributed by atoms with E-state index in [1.54, 1.807) is 24.3 Å². The number of carbonyl (C=O) groups is 3. The zero-order chi connectivity index (χ0) is 21.8. The van der Waals surface area contributed by atoms with Crippen molar-refractivity contribution >= 4 is 58.5 Å². The summed E-state index contributed by atoms with van der Waals surface area (Å²) in [5, 5.41) is 13.1. The predicted octanol–water partition coefficient (Wildman–Crippen LogP) is 1.31. The summed E-state index contributed by atoms with van der Waals surface area (Å²) in [5.74, 6) is -1.92. The highest BCUT2D eigenvalue weighted by atomic mass is 35.5. The van der Waals surface area contributed by atoms with Crippen LogP contribution in [0.15, 0.2) is 48.0 Å². The van der Waals surface area contributed by atoms with E-state index in [9.17, 15) is 19.5 Å². The average molecular weight is 446 g/mol. The number of methoxy groups -OCH3 is 1. The number of halogens is 1. The SMILES string of the molecule is COc1ccc(N2C(=O)/C(=C\c3ccc(OCC(=O)[O-])c(Cl)c3)C(=O)NC2=S)cc1. The number of amides is 2. The number of carboxylic acid groups (broad SMARTS) is 1. The van der Waals surface area contributed by atoms with Crippen molar-refractivity contribution in [2.75, 3.05) is 18.6 Å². The molecule has 0 bridgehead atoms. The molecular weight excluding hydrogens is 432 g/mol. The lowest BCUT2D eigenvalue weighted by Crippen LogP contribution is -2.54. The molecule has 2 amide bonds. The Morgan fingerprint density at radius 1 is 1.23 bits per heavy atom. The zero-order valence-corrected chi connectivity index (χ0v) is 17.1. The highest BCUT2D eigenvalue weighted by Gasteiger charge is 2.34. The molecule has 0 radical (unpaired) electrons. The highest BCUT2D eigenvalue weighted by molar-refractivity contribution is 7.80. The maximum atomic E-state index is 13.0. The smallest absolute Gasteiger partial charge is 0.270 e. The lowest BCUT2D eigenvalue weighted by molar-refractivity contribution is -0.307. The maximum Gasteiger partial charge on any atom is 0.270 e. The van der Waals surface area contributed by atoms with E-state index in [4.69, 9.17) is 33.3 Å². The van der Waals surface area contributed by atoms with Crippen LogP contribution in [0.25, 0.3) is 6.08 Å². The third kappa shape index (κ3) is 4.58. The number of carbonyl (C=O) groups excluding carboxylic acids is 3. The number of aliphatic carboxylic acids is 1. The molecule has 2 aromatic carbocycles. The van der Waals surface area contributed by atoms with Crippen molar-refractivity contribution in [1.82, 2.24) is 5.32 Å². The van der Waals surface area contributed by atoms with Gasteiger partial charge in [0.2, 0.25) is 0 Å². The van der Waals surface area contributed by atoms with Crippen LogP contribution in [0.1, 0.15) is 5.56 Å². The molecule has 0 unspecified atom stereocenters. The van der Waals surface area contributed by atoms with Gasteiger partial charge in [0.05, 0.1) is 23.8 Å². The number of hydrogen-bond acceptors (Lipinski definition) is 7. The number of benzene rings is 2. The third-order valence-corrected chi connectivity index (χ3v) is 4.62. The van der Waals surface area contributed by atoms with Crippen LogP contribution in [0.3, 0.4) is 0 Å². The van der Waals surface area contributed by atoms with Gasteiger partial charge in [-0.1, -0.05) is 17.7 Å². The second kappa shape index (κ2) is 8.93. The van der Waals surface area contributed by atoms with Crippen LogP contribution >= 0.6 is 23.8 Å². The summed E-state index contributed by atoms with van der Waals surface area (Å²) < 4.78 is 10.1. The summed E-state index contributed by atoms with van der Waals surface area (Å²) in [6.45, 7) is -0.657. The van der Waals surface area contributed by atoms with E-state index < -0.39 is 24.4 Å². The number of anilines is 1. The molecule has 1 N–H and O–H groups in total. The molecule has 0 atom stereocenters. The summed E-state index contributed by atoms with van der Waals surface area (Å²) in [7, 11) is 1.52. The summed E-state index contributed by atoms with van der Waals surface area (Å²) in [4.78, 5) is 37.0. The second-order valence-corrected chi connectivity index (χ2v) is 6.80. The van der Waals surface area contributed by atoms with Gasteiger partial charge in [-0.3, -0.25) is 19.8 Å². The Morgan fingerprint density at radius 3 is 2.53 bits per heavy atom. The minimum Gasteiger partial charge on any atom is -0.546 e. The molecule has 1 saturated heterocycles. The third-order valence-electron chi connectivity index (χ3n) is 4.04. The highest BCUT2D eigenvalue weighted by Crippen LogP contribution is 2.28. The van der Waals surface area contributed by atoms with E-state index in [1.165, 1.54) is 36.3 Å². The van der Waals surface area contributed by atoms with Gasteiger partial charge in [-0.05, 0) is 60.3 Å². The molecule has 0 aliphatic carbocycles. The fourth-order valence-electron chi connectivity index (χ4n) is 2.65. The molecule has 2 aromatic rings. The van der Waals surface area contributed by atoms with Crippen LogP contribution < -0.4 is 24.8 Å². The van der Waals surface area contributed by atoms with Gasteiger partial charge < -0.3 is 19.4 Å². The van der Waals surface area contributed by atoms with Gasteiger partial charge in [-0.15, -0.1) is 0 Å². The van der Waals surface area contributed by atoms with E-state index in [2.05, 4.69) is 5.32 Å². The van der Waals surface area contributed by atoms with Crippen LogP contribution in [-0.4, -0.2) is 36.6 Å².